The Balaban J connectivity index is 3.03. The van der Waals surface area contributed by atoms with Gasteiger partial charge in [0.15, 0.2) is 0 Å². The summed E-state index contributed by atoms with van der Waals surface area (Å²) >= 11 is 0. The van der Waals surface area contributed by atoms with E-state index >= 15 is 0 Å². The second-order valence-electron chi connectivity index (χ2n) is 4.39. The van der Waals surface area contributed by atoms with Crippen LogP contribution in [0.15, 0.2) is 18.2 Å². The molecule has 0 aliphatic carbocycles. The van der Waals surface area contributed by atoms with Crippen molar-refractivity contribution in [3.8, 4) is 0 Å². The number of halogens is 4. The number of aliphatic carboxylic acids is 1. The maximum atomic E-state index is 13.4. The van der Waals surface area contributed by atoms with Gasteiger partial charge in [0, 0.05) is 18.7 Å². The molecular weight excluding hydrogens is 294 g/mol. The van der Waals surface area contributed by atoms with E-state index < -0.39 is 36.8 Å². The molecule has 21 heavy (non-hydrogen) atoms. The van der Waals surface area contributed by atoms with E-state index in [2.05, 4.69) is 0 Å². The molecule has 0 heterocycles. The van der Waals surface area contributed by atoms with Crippen molar-refractivity contribution in [1.82, 2.24) is 0 Å². The molecule has 0 unspecified atom stereocenters. The highest BCUT2D eigenvalue weighted by Crippen LogP contribution is 2.25. The van der Waals surface area contributed by atoms with Crippen LogP contribution in [0.3, 0.4) is 0 Å². The first-order valence-electron chi connectivity index (χ1n) is 5.99. The number of nitrogens with zero attached hydrogens (tertiary/aromatic N) is 1. The predicted octanol–water partition coefficient (Wildman–Crippen LogP) is 2.89. The summed E-state index contributed by atoms with van der Waals surface area (Å²) in [6, 6.07) is 3.25. The van der Waals surface area contributed by atoms with Crippen molar-refractivity contribution in [1.29, 1.82) is 0 Å². The summed E-state index contributed by atoms with van der Waals surface area (Å²) in [6.45, 7) is 0.965. The monoisotopic (exact) mass is 307 g/mol. The third kappa shape index (κ3) is 4.73. The van der Waals surface area contributed by atoms with Gasteiger partial charge in [-0.1, -0.05) is 6.07 Å². The number of carbonyl (C=O) groups is 2. The van der Waals surface area contributed by atoms with Crippen LogP contribution in [0, 0.1) is 12.7 Å². The number of carbonyl (C=O) groups excluding carboxylic acids is 1. The Labute approximate surface area is 118 Å². The lowest BCUT2D eigenvalue weighted by Gasteiger charge is -2.24. The quantitative estimate of drug-likeness (QED) is 0.851. The number of carboxylic acid groups (broad SMARTS) is 1. The normalized spacial score (nSPS) is 11.3. The summed E-state index contributed by atoms with van der Waals surface area (Å²) in [5, 5.41) is 8.49. The van der Waals surface area contributed by atoms with Crippen LogP contribution in [0.2, 0.25) is 0 Å². The molecule has 116 valence electrons. The van der Waals surface area contributed by atoms with Crippen LogP contribution in [0.4, 0.5) is 23.2 Å². The summed E-state index contributed by atoms with van der Waals surface area (Å²) in [4.78, 5) is 22.1. The fraction of sp³-hybridized carbons (Fsp3) is 0.385. The molecule has 1 amide bonds. The molecule has 1 N–H and O–H groups in total. The average Bonchev–Trinajstić information content (AvgIpc) is 2.36. The van der Waals surface area contributed by atoms with Crippen molar-refractivity contribution < 1.29 is 32.3 Å². The van der Waals surface area contributed by atoms with Gasteiger partial charge in [0.2, 0.25) is 0 Å². The van der Waals surface area contributed by atoms with E-state index in [0.717, 1.165) is 6.07 Å². The van der Waals surface area contributed by atoms with Crippen molar-refractivity contribution >= 4 is 17.6 Å². The minimum atomic E-state index is -5.12. The minimum Gasteiger partial charge on any atom is -0.481 e. The Morgan fingerprint density at radius 3 is 2.38 bits per heavy atom. The number of amides is 1. The van der Waals surface area contributed by atoms with E-state index in [1.165, 1.54) is 19.1 Å². The zero-order chi connectivity index (χ0) is 16.2. The standard InChI is InChI=1S/C13H13F4NO3/c1-8-4-5-9(7-10(8)14)18(6-2-3-11(19)20)12(21)13(15,16)17/h4-5,7H,2-3,6H2,1H3,(H,19,20). The largest absolute Gasteiger partial charge is 0.481 e. The SMILES string of the molecule is Cc1ccc(N(CCCC(=O)O)C(=O)C(F)(F)F)cc1F. The fourth-order valence-electron chi connectivity index (χ4n) is 1.64. The lowest BCUT2D eigenvalue weighted by Crippen LogP contribution is -2.42. The van der Waals surface area contributed by atoms with Gasteiger partial charge in [0.1, 0.15) is 5.82 Å². The van der Waals surface area contributed by atoms with Gasteiger partial charge in [0.25, 0.3) is 0 Å². The number of benzene rings is 1. The predicted molar refractivity (Wildman–Crippen MR) is 66.4 cm³/mol. The van der Waals surface area contributed by atoms with Crippen LogP contribution in [0.5, 0.6) is 0 Å². The number of hydrogen-bond donors (Lipinski definition) is 1. The molecule has 0 aromatic heterocycles. The zero-order valence-electron chi connectivity index (χ0n) is 11.1. The fourth-order valence-corrected chi connectivity index (χ4v) is 1.64. The molecule has 0 bridgehead atoms. The second-order valence-corrected chi connectivity index (χ2v) is 4.39. The first kappa shape index (κ1) is 16.9. The van der Waals surface area contributed by atoms with E-state index in [1.807, 2.05) is 0 Å². The van der Waals surface area contributed by atoms with Gasteiger partial charge < -0.3 is 10.0 Å². The highest BCUT2D eigenvalue weighted by molar-refractivity contribution is 5.97. The Hall–Kier alpha value is -2.12. The maximum Gasteiger partial charge on any atom is 0.471 e. The van der Waals surface area contributed by atoms with Crippen LogP contribution in [0.1, 0.15) is 18.4 Å². The van der Waals surface area contributed by atoms with Crippen molar-refractivity contribution in [3.05, 3.63) is 29.6 Å². The van der Waals surface area contributed by atoms with Gasteiger partial charge >= 0.3 is 18.1 Å². The molecule has 4 nitrogen and oxygen atoms in total. The Morgan fingerprint density at radius 2 is 1.90 bits per heavy atom. The molecule has 1 aromatic carbocycles. The van der Waals surface area contributed by atoms with Gasteiger partial charge in [-0.15, -0.1) is 0 Å². The number of anilines is 1. The first-order valence-corrected chi connectivity index (χ1v) is 5.99. The van der Waals surface area contributed by atoms with E-state index in [4.69, 9.17) is 5.11 Å². The number of carboxylic acids is 1. The third-order valence-corrected chi connectivity index (χ3v) is 2.73. The Kier molecular flexibility index (Phi) is 5.28. The lowest BCUT2D eigenvalue weighted by molar-refractivity contribution is -0.170. The van der Waals surface area contributed by atoms with Crippen molar-refractivity contribution in [2.75, 3.05) is 11.4 Å². The van der Waals surface area contributed by atoms with E-state index in [1.54, 1.807) is 0 Å². The summed E-state index contributed by atoms with van der Waals surface area (Å²) in [6.07, 6.45) is -5.69. The number of aryl methyl sites for hydroxylation is 1. The highest BCUT2D eigenvalue weighted by Gasteiger charge is 2.43. The molecule has 0 spiro atoms. The van der Waals surface area contributed by atoms with Crippen LogP contribution in [0.25, 0.3) is 0 Å². The first-order chi connectivity index (χ1) is 9.62. The maximum absolute atomic E-state index is 13.4. The third-order valence-electron chi connectivity index (χ3n) is 2.73. The smallest absolute Gasteiger partial charge is 0.471 e. The van der Waals surface area contributed by atoms with Crippen molar-refractivity contribution in [3.63, 3.8) is 0 Å². The van der Waals surface area contributed by atoms with E-state index in [-0.39, 0.29) is 17.7 Å². The molecule has 0 fully saturated rings. The number of hydrogen-bond acceptors (Lipinski definition) is 2. The van der Waals surface area contributed by atoms with E-state index in [9.17, 15) is 27.2 Å². The van der Waals surface area contributed by atoms with E-state index in [0.29, 0.717) is 4.90 Å². The van der Waals surface area contributed by atoms with Crippen LogP contribution in [-0.2, 0) is 9.59 Å². The van der Waals surface area contributed by atoms with Crippen LogP contribution in [-0.4, -0.2) is 29.7 Å². The summed E-state index contributed by atoms with van der Waals surface area (Å²) in [7, 11) is 0. The van der Waals surface area contributed by atoms with Gasteiger partial charge in [-0.3, -0.25) is 9.59 Å². The van der Waals surface area contributed by atoms with Gasteiger partial charge in [-0.05, 0) is 31.0 Å². The van der Waals surface area contributed by atoms with Crippen LogP contribution >= 0.6 is 0 Å². The van der Waals surface area contributed by atoms with Crippen LogP contribution < -0.4 is 4.90 Å². The number of alkyl halides is 3. The molecule has 1 aromatic rings. The Bertz CT molecular complexity index is 543. The molecule has 0 radical (unpaired) electrons. The molecule has 0 atom stereocenters. The topological polar surface area (TPSA) is 57.6 Å². The molecule has 0 aliphatic heterocycles. The molecule has 0 saturated carbocycles. The van der Waals surface area contributed by atoms with Crippen molar-refractivity contribution in [2.45, 2.75) is 25.9 Å². The van der Waals surface area contributed by atoms with Gasteiger partial charge in [0.05, 0.1) is 0 Å². The molecule has 0 saturated heterocycles. The minimum absolute atomic E-state index is 0.174. The molecule has 0 aliphatic rings. The molecule has 1 rings (SSSR count). The summed E-state index contributed by atoms with van der Waals surface area (Å²) < 4.78 is 51.1. The van der Waals surface area contributed by atoms with Gasteiger partial charge in [-0.25, -0.2) is 4.39 Å². The highest BCUT2D eigenvalue weighted by atomic mass is 19.4. The zero-order valence-corrected chi connectivity index (χ0v) is 11.1. The summed E-state index contributed by atoms with van der Waals surface area (Å²) in [5.74, 6) is -4.09. The Morgan fingerprint density at radius 1 is 1.29 bits per heavy atom. The number of rotatable bonds is 5. The summed E-state index contributed by atoms with van der Waals surface area (Å²) in [5.41, 5.74) is -0.0329. The average molecular weight is 307 g/mol. The lowest BCUT2D eigenvalue weighted by atomic mass is 10.2. The van der Waals surface area contributed by atoms with Crippen molar-refractivity contribution in [2.24, 2.45) is 0 Å². The molecule has 8 heteroatoms. The van der Waals surface area contributed by atoms with Gasteiger partial charge in [-0.2, -0.15) is 13.2 Å². The molecular formula is C13H13F4NO3. The second kappa shape index (κ2) is 6.55.